The third-order valence-corrected chi connectivity index (χ3v) is 5.27. The van der Waals surface area contributed by atoms with Gasteiger partial charge >= 0.3 is 0 Å². The van der Waals surface area contributed by atoms with Crippen LogP contribution in [0.25, 0.3) is 44.5 Å². The molecule has 31 heavy (non-hydrogen) atoms. The number of aromatic nitrogens is 3. The molecule has 0 N–H and O–H groups in total. The molecule has 0 aliphatic rings. The number of nitrogens with zero attached hydrogens (tertiary/aromatic N) is 3. The monoisotopic (exact) mass is 403 g/mol. The highest BCUT2D eigenvalue weighted by molar-refractivity contribution is 6.09. The maximum Gasteiger partial charge on any atom is 0.248 e. The molecule has 0 aliphatic heterocycles. The summed E-state index contributed by atoms with van der Waals surface area (Å²) in [6, 6.07) is 25.2. The van der Waals surface area contributed by atoms with Gasteiger partial charge < -0.3 is 8.98 Å². The summed E-state index contributed by atoms with van der Waals surface area (Å²) in [5.74, 6) is 0.961. The first kappa shape index (κ1) is 18.8. The van der Waals surface area contributed by atoms with Crippen LogP contribution in [0.5, 0.6) is 0 Å². The maximum atomic E-state index is 5.91. The molecule has 4 heteroatoms. The van der Waals surface area contributed by atoms with Gasteiger partial charge in [0.1, 0.15) is 0 Å². The molecule has 0 aliphatic carbocycles. The van der Waals surface area contributed by atoms with Crippen LogP contribution in [0.1, 0.15) is 12.8 Å². The van der Waals surface area contributed by atoms with Gasteiger partial charge in [-0.05, 0) is 43.3 Å². The Morgan fingerprint density at radius 2 is 1.52 bits per heavy atom. The fourth-order valence-electron chi connectivity index (χ4n) is 3.91. The molecule has 0 saturated heterocycles. The van der Waals surface area contributed by atoms with Gasteiger partial charge in [-0.15, -0.1) is 10.2 Å². The second-order valence-electron chi connectivity index (χ2n) is 7.19. The minimum atomic E-state index is 0.472. The van der Waals surface area contributed by atoms with E-state index >= 15 is 0 Å². The van der Waals surface area contributed by atoms with E-state index in [4.69, 9.17) is 4.42 Å². The zero-order valence-electron chi connectivity index (χ0n) is 17.2. The molecule has 150 valence electrons. The number of fused-ring (bicyclic) bond motifs is 3. The Balaban J connectivity index is 1.56. The van der Waals surface area contributed by atoms with Crippen LogP contribution in [0.2, 0.25) is 0 Å². The first-order chi connectivity index (χ1) is 15.3. The topological polar surface area (TPSA) is 43.9 Å². The molecule has 0 atom stereocenters. The van der Waals surface area contributed by atoms with Crippen molar-refractivity contribution < 1.29 is 4.42 Å². The number of benzene rings is 3. The molecule has 0 spiro atoms. The second-order valence-corrected chi connectivity index (χ2v) is 7.19. The lowest BCUT2D eigenvalue weighted by Crippen LogP contribution is -1.93. The van der Waals surface area contributed by atoms with E-state index in [0.717, 1.165) is 16.8 Å². The van der Waals surface area contributed by atoms with Crippen molar-refractivity contribution in [2.75, 3.05) is 0 Å². The van der Waals surface area contributed by atoms with E-state index in [1.807, 2.05) is 37.3 Å². The highest BCUT2D eigenvalue weighted by Gasteiger charge is 2.13. The summed E-state index contributed by atoms with van der Waals surface area (Å²) in [4.78, 5) is 0. The molecule has 0 fully saturated rings. The van der Waals surface area contributed by atoms with E-state index in [0.29, 0.717) is 11.8 Å². The Kier molecular flexibility index (Phi) is 4.81. The quantitative estimate of drug-likeness (QED) is 0.297. The Hall–Kier alpha value is -4.18. The Morgan fingerprint density at radius 3 is 2.13 bits per heavy atom. The summed E-state index contributed by atoms with van der Waals surface area (Å²) in [6.07, 6.45) is 7.41. The molecule has 2 aromatic heterocycles. The van der Waals surface area contributed by atoms with Gasteiger partial charge in [0.05, 0.1) is 11.0 Å². The molecule has 4 nitrogen and oxygen atoms in total. The first-order valence-electron chi connectivity index (χ1n) is 10.2. The Bertz CT molecular complexity index is 1400. The number of rotatable bonds is 5. The van der Waals surface area contributed by atoms with E-state index in [1.54, 1.807) is 6.08 Å². The lowest BCUT2D eigenvalue weighted by atomic mass is 10.2. The van der Waals surface area contributed by atoms with Crippen LogP contribution in [-0.4, -0.2) is 14.8 Å². The molecule has 0 bridgehead atoms. The number of allylic oxidation sites excluding steroid dienone is 5. The summed E-state index contributed by atoms with van der Waals surface area (Å²) < 4.78 is 8.19. The van der Waals surface area contributed by atoms with Crippen molar-refractivity contribution in [2.45, 2.75) is 6.92 Å². The third kappa shape index (κ3) is 3.28. The Morgan fingerprint density at radius 1 is 0.871 bits per heavy atom. The molecular formula is C27H21N3O. The van der Waals surface area contributed by atoms with Crippen LogP contribution < -0.4 is 0 Å². The van der Waals surface area contributed by atoms with Gasteiger partial charge in [-0.25, -0.2) is 0 Å². The van der Waals surface area contributed by atoms with Crippen molar-refractivity contribution in [1.82, 2.24) is 14.8 Å². The standard InChI is InChI=1S/C27H21N3O/c1-3-9-19(10-4-2)26-28-29-27(31-26)20-15-17-21(18-16-20)30-24-13-7-5-11-22(24)23-12-6-8-14-25(23)30/h3-18H,1H2,2H3/b10-4-,19-9+. The van der Waals surface area contributed by atoms with Crippen molar-refractivity contribution in [3.05, 3.63) is 110 Å². The average molecular weight is 403 g/mol. The number of hydrogen-bond acceptors (Lipinski definition) is 3. The molecule has 3 aromatic carbocycles. The highest BCUT2D eigenvalue weighted by Crippen LogP contribution is 2.32. The minimum absolute atomic E-state index is 0.472. The lowest BCUT2D eigenvalue weighted by molar-refractivity contribution is 0.554. The number of hydrogen-bond donors (Lipinski definition) is 0. The molecule has 5 aromatic rings. The molecule has 0 unspecified atom stereocenters. The van der Waals surface area contributed by atoms with Gasteiger partial charge in [-0.2, -0.15) is 0 Å². The van der Waals surface area contributed by atoms with Gasteiger partial charge in [0.2, 0.25) is 11.8 Å². The lowest BCUT2D eigenvalue weighted by Gasteiger charge is -2.08. The van der Waals surface area contributed by atoms with Crippen molar-refractivity contribution >= 4 is 27.4 Å². The molecule has 0 amide bonds. The summed E-state index contributed by atoms with van der Waals surface area (Å²) in [6.45, 7) is 5.69. The van der Waals surface area contributed by atoms with E-state index < -0.39 is 0 Å². The van der Waals surface area contributed by atoms with Crippen molar-refractivity contribution in [2.24, 2.45) is 0 Å². The van der Waals surface area contributed by atoms with E-state index in [-0.39, 0.29) is 0 Å². The zero-order chi connectivity index (χ0) is 21.2. The summed E-state index contributed by atoms with van der Waals surface area (Å²) in [7, 11) is 0. The van der Waals surface area contributed by atoms with E-state index in [1.165, 1.54) is 21.8 Å². The molecule has 5 rings (SSSR count). The molecule has 2 heterocycles. The second kappa shape index (κ2) is 7.92. The van der Waals surface area contributed by atoms with Crippen molar-refractivity contribution in [3.63, 3.8) is 0 Å². The van der Waals surface area contributed by atoms with Gasteiger partial charge in [0, 0.05) is 27.6 Å². The SMILES string of the molecule is C=C/C=C(\C=C/C)c1nnc(-c2ccc(-n3c4ccccc4c4ccccc43)cc2)o1. The summed E-state index contributed by atoms with van der Waals surface area (Å²) >= 11 is 0. The van der Waals surface area contributed by atoms with Crippen LogP contribution in [-0.2, 0) is 0 Å². The third-order valence-electron chi connectivity index (χ3n) is 5.27. The maximum absolute atomic E-state index is 5.91. The molecule has 0 saturated carbocycles. The van der Waals surface area contributed by atoms with E-state index in [9.17, 15) is 0 Å². The Labute approximate surface area is 180 Å². The molecular weight excluding hydrogens is 382 g/mol. The van der Waals surface area contributed by atoms with Gasteiger partial charge in [0.25, 0.3) is 0 Å². The average Bonchev–Trinajstić information content (AvgIpc) is 3.43. The normalized spacial score (nSPS) is 12.2. The summed E-state index contributed by atoms with van der Waals surface area (Å²) in [5, 5.41) is 10.9. The van der Waals surface area contributed by atoms with Crippen LogP contribution in [0.3, 0.4) is 0 Å². The predicted octanol–water partition coefficient (Wildman–Crippen LogP) is 6.98. The van der Waals surface area contributed by atoms with Gasteiger partial charge in [-0.1, -0.05) is 67.3 Å². The zero-order valence-corrected chi connectivity index (χ0v) is 17.2. The largest absolute Gasteiger partial charge is 0.416 e. The predicted molar refractivity (Wildman–Crippen MR) is 127 cm³/mol. The first-order valence-corrected chi connectivity index (χ1v) is 10.2. The van der Waals surface area contributed by atoms with E-state index in [2.05, 4.69) is 82.0 Å². The summed E-state index contributed by atoms with van der Waals surface area (Å²) in [5.41, 5.74) is 5.16. The minimum Gasteiger partial charge on any atom is -0.416 e. The van der Waals surface area contributed by atoms with Crippen LogP contribution in [0.4, 0.5) is 0 Å². The van der Waals surface area contributed by atoms with Gasteiger partial charge in [-0.3, -0.25) is 0 Å². The van der Waals surface area contributed by atoms with Crippen LogP contribution in [0, 0.1) is 0 Å². The number of para-hydroxylation sites is 2. The van der Waals surface area contributed by atoms with Gasteiger partial charge in [0.15, 0.2) is 0 Å². The fraction of sp³-hybridized carbons (Fsp3) is 0.0370. The molecule has 0 radical (unpaired) electrons. The van der Waals surface area contributed by atoms with Crippen LogP contribution in [0.15, 0.2) is 108 Å². The van der Waals surface area contributed by atoms with Crippen molar-refractivity contribution in [3.8, 4) is 17.1 Å². The smallest absolute Gasteiger partial charge is 0.248 e. The van der Waals surface area contributed by atoms with Crippen LogP contribution >= 0.6 is 0 Å². The van der Waals surface area contributed by atoms with Crippen molar-refractivity contribution in [1.29, 1.82) is 0 Å². The highest BCUT2D eigenvalue weighted by atomic mass is 16.4. The fourth-order valence-corrected chi connectivity index (χ4v) is 3.91.